The van der Waals surface area contributed by atoms with Gasteiger partial charge in [-0.25, -0.2) is 8.42 Å². The molecule has 0 aliphatic carbocycles. The Hall–Kier alpha value is -3.32. The van der Waals surface area contributed by atoms with E-state index in [9.17, 15) is 13.2 Å². The van der Waals surface area contributed by atoms with Crippen molar-refractivity contribution >= 4 is 21.6 Å². The second-order valence-electron chi connectivity index (χ2n) is 7.05. The van der Waals surface area contributed by atoms with Gasteiger partial charge in [0.1, 0.15) is 5.75 Å². The van der Waals surface area contributed by atoms with Gasteiger partial charge in [0.2, 0.25) is 0 Å². The number of ether oxygens (including phenoxy) is 1. The summed E-state index contributed by atoms with van der Waals surface area (Å²) in [6.45, 7) is 4.63. The Morgan fingerprint density at radius 1 is 1.00 bits per heavy atom. The summed E-state index contributed by atoms with van der Waals surface area (Å²) in [5, 5.41) is 2.88. The molecule has 0 saturated heterocycles. The van der Waals surface area contributed by atoms with Gasteiger partial charge in [-0.05, 0) is 61.4 Å². The molecule has 3 rings (SSSR count). The fraction of sp³-hybridized carbons (Fsp3) is 0.208. The second kappa shape index (κ2) is 9.66. The zero-order valence-electron chi connectivity index (χ0n) is 17.8. The molecule has 3 aromatic rings. The van der Waals surface area contributed by atoms with E-state index >= 15 is 0 Å². The van der Waals surface area contributed by atoms with Crippen molar-refractivity contribution in [2.45, 2.75) is 25.3 Å². The minimum absolute atomic E-state index is 0.195. The average Bonchev–Trinajstić information content (AvgIpc) is 2.78. The molecule has 0 aliphatic heterocycles. The predicted molar refractivity (Wildman–Crippen MR) is 122 cm³/mol. The quantitative estimate of drug-likeness (QED) is 0.573. The van der Waals surface area contributed by atoms with Crippen molar-refractivity contribution in [3.8, 4) is 5.75 Å². The molecule has 0 radical (unpaired) electrons. The molecule has 3 aromatic carbocycles. The highest BCUT2D eigenvalue weighted by Gasteiger charge is 2.23. The van der Waals surface area contributed by atoms with Crippen molar-refractivity contribution in [3.05, 3.63) is 89.5 Å². The fourth-order valence-electron chi connectivity index (χ4n) is 3.17. The number of benzene rings is 3. The topological polar surface area (TPSA) is 75.7 Å². The third-order valence-corrected chi connectivity index (χ3v) is 6.66. The van der Waals surface area contributed by atoms with Gasteiger partial charge in [-0.2, -0.15) is 0 Å². The molecule has 7 heteroatoms. The van der Waals surface area contributed by atoms with Gasteiger partial charge in [0.05, 0.1) is 17.2 Å². The molecule has 0 heterocycles. The van der Waals surface area contributed by atoms with E-state index in [2.05, 4.69) is 5.32 Å². The van der Waals surface area contributed by atoms with Crippen molar-refractivity contribution in [3.63, 3.8) is 0 Å². The van der Waals surface area contributed by atoms with Gasteiger partial charge in [0.15, 0.2) is 0 Å². The summed E-state index contributed by atoms with van der Waals surface area (Å²) in [4.78, 5) is 12.9. The first-order chi connectivity index (χ1) is 14.8. The van der Waals surface area contributed by atoms with E-state index in [1.165, 1.54) is 11.4 Å². The van der Waals surface area contributed by atoms with E-state index < -0.39 is 10.0 Å². The van der Waals surface area contributed by atoms with Crippen LogP contribution in [0.5, 0.6) is 5.75 Å². The number of carbonyl (C=O) groups is 1. The minimum atomic E-state index is -3.73. The zero-order valence-corrected chi connectivity index (χ0v) is 18.6. The Balaban J connectivity index is 1.79. The lowest BCUT2D eigenvalue weighted by Gasteiger charge is -2.22. The fourth-order valence-corrected chi connectivity index (χ4v) is 4.44. The first-order valence-electron chi connectivity index (χ1n) is 9.97. The van der Waals surface area contributed by atoms with Gasteiger partial charge in [0, 0.05) is 19.2 Å². The molecule has 162 valence electrons. The highest BCUT2D eigenvalue weighted by atomic mass is 32.2. The number of aryl methyl sites for hydroxylation is 1. The first-order valence-corrected chi connectivity index (χ1v) is 11.4. The van der Waals surface area contributed by atoms with E-state index in [1.54, 1.807) is 48.5 Å². The van der Waals surface area contributed by atoms with Gasteiger partial charge in [0.25, 0.3) is 15.9 Å². The molecule has 6 nitrogen and oxygen atoms in total. The zero-order chi connectivity index (χ0) is 22.4. The lowest BCUT2D eigenvalue weighted by atomic mass is 10.1. The van der Waals surface area contributed by atoms with Crippen LogP contribution >= 0.6 is 0 Å². The van der Waals surface area contributed by atoms with Gasteiger partial charge < -0.3 is 10.1 Å². The Bertz CT molecular complexity index is 1160. The molecule has 0 aromatic heterocycles. The molecule has 0 saturated carbocycles. The standard InChI is InChI=1S/C24H26N2O4S/c1-4-30-21-10-8-9-19(15-21)17-25-24(27)20-14-13-18(2)23(16-20)26(3)31(28,29)22-11-6-5-7-12-22/h5-16H,4,17H2,1-3H3,(H,25,27). The summed E-state index contributed by atoms with van der Waals surface area (Å²) in [5.74, 6) is 0.466. The molecule has 0 aliphatic rings. The third kappa shape index (κ3) is 5.24. The largest absolute Gasteiger partial charge is 0.494 e. The van der Waals surface area contributed by atoms with Crippen LogP contribution in [-0.2, 0) is 16.6 Å². The lowest BCUT2D eigenvalue weighted by Crippen LogP contribution is -2.28. The van der Waals surface area contributed by atoms with Crippen molar-refractivity contribution in [2.75, 3.05) is 18.0 Å². The summed E-state index contributed by atoms with van der Waals surface area (Å²) in [7, 11) is -2.24. The van der Waals surface area contributed by atoms with E-state index in [4.69, 9.17) is 4.74 Å². The average molecular weight is 439 g/mol. The van der Waals surface area contributed by atoms with Crippen molar-refractivity contribution in [1.29, 1.82) is 0 Å². The number of nitrogens with one attached hydrogen (secondary N) is 1. The maximum Gasteiger partial charge on any atom is 0.264 e. The van der Waals surface area contributed by atoms with E-state index in [1.807, 2.05) is 38.1 Å². The molecule has 31 heavy (non-hydrogen) atoms. The second-order valence-corrected chi connectivity index (χ2v) is 9.02. The summed E-state index contributed by atoms with van der Waals surface area (Å²) < 4.78 is 32.6. The van der Waals surface area contributed by atoms with Crippen molar-refractivity contribution < 1.29 is 17.9 Å². The molecule has 0 bridgehead atoms. The van der Waals surface area contributed by atoms with Crippen LogP contribution in [0, 0.1) is 6.92 Å². The lowest BCUT2D eigenvalue weighted by molar-refractivity contribution is 0.0951. The van der Waals surface area contributed by atoms with Crippen LogP contribution in [0.2, 0.25) is 0 Å². The van der Waals surface area contributed by atoms with Crippen LogP contribution in [0.4, 0.5) is 5.69 Å². The minimum Gasteiger partial charge on any atom is -0.494 e. The van der Waals surface area contributed by atoms with Crippen molar-refractivity contribution in [1.82, 2.24) is 5.32 Å². The SMILES string of the molecule is CCOc1cccc(CNC(=O)c2ccc(C)c(N(C)S(=O)(=O)c3ccccc3)c2)c1. The number of anilines is 1. The van der Waals surface area contributed by atoms with Crippen LogP contribution < -0.4 is 14.4 Å². The third-order valence-electron chi connectivity index (χ3n) is 4.87. The smallest absolute Gasteiger partial charge is 0.264 e. The predicted octanol–water partition coefficient (Wildman–Crippen LogP) is 4.15. The number of sulfonamides is 1. The Morgan fingerprint density at radius 3 is 2.45 bits per heavy atom. The molecule has 0 spiro atoms. The first kappa shape index (κ1) is 22.4. The van der Waals surface area contributed by atoms with Gasteiger partial charge in [-0.15, -0.1) is 0 Å². The molecule has 0 atom stereocenters. The summed E-state index contributed by atoms with van der Waals surface area (Å²) in [5.41, 5.74) is 2.50. The molecular formula is C24H26N2O4S. The highest BCUT2D eigenvalue weighted by molar-refractivity contribution is 7.92. The Kier molecular flexibility index (Phi) is 6.97. The number of nitrogens with zero attached hydrogens (tertiary/aromatic N) is 1. The molecule has 1 amide bonds. The number of carbonyl (C=O) groups excluding carboxylic acids is 1. The van der Waals surface area contributed by atoms with E-state index in [0.717, 1.165) is 16.9 Å². The molecule has 0 unspecified atom stereocenters. The number of rotatable bonds is 8. The van der Waals surface area contributed by atoms with E-state index in [0.29, 0.717) is 24.4 Å². The Morgan fingerprint density at radius 2 is 1.74 bits per heavy atom. The monoisotopic (exact) mass is 438 g/mol. The molecular weight excluding hydrogens is 412 g/mol. The summed E-state index contributed by atoms with van der Waals surface area (Å²) >= 11 is 0. The molecule has 0 fully saturated rings. The number of amides is 1. The van der Waals surface area contributed by atoms with E-state index in [-0.39, 0.29) is 10.8 Å². The van der Waals surface area contributed by atoms with Gasteiger partial charge in [-0.3, -0.25) is 9.10 Å². The van der Waals surface area contributed by atoms with Crippen LogP contribution in [-0.4, -0.2) is 28.0 Å². The van der Waals surface area contributed by atoms with Crippen LogP contribution in [0.1, 0.15) is 28.4 Å². The normalized spacial score (nSPS) is 11.1. The van der Waals surface area contributed by atoms with Crippen LogP contribution in [0.25, 0.3) is 0 Å². The van der Waals surface area contributed by atoms with Gasteiger partial charge >= 0.3 is 0 Å². The maximum absolute atomic E-state index is 13.0. The highest BCUT2D eigenvalue weighted by Crippen LogP contribution is 2.26. The number of hydrogen-bond acceptors (Lipinski definition) is 4. The maximum atomic E-state index is 13.0. The van der Waals surface area contributed by atoms with Crippen LogP contribution in [0.3, 0.4) is 0 Å². The number of hydrogen-bond donors (Lipinski definition) is 1. The summed E-state index contributed by atoms with van der Waals surface area (Å²) in [6, 6.07) is 20.8. The van der Waals surface area contributed by atoms with Crippen molar-refractivity contribution in [2.24, 2.45) is 0 Å². The summed E-state index contributed by atoms with van der Waals surface area (Å²) in [6.07, 6.45) is 0. The Labute approximate surface area is 183 Å². The molecule has 1 N–H and O–H groups in total. The van der Waals surface area contributed by atoms with Gasteiger partial charge in [-0.1, -0.05) is 36.4 Å². The van der Waals surface area contributed by atoms with Crippen LogP contribution in [0.15, 0.2) is 77.7 Å².